The van der Waals surface area contributed by atoms with Gasteiger partial charge in [0.05, 0.1) is 22.2 Å². The molecule has 184 valence electrons. The van der Waals surface area contributed by atoms with Crippen LogP contribution in [-0.2, 0) is 19.1 Å². The van der Waals surface area contributed by atoms with Crippen LogP contribution in [0.3, 0.4) is 0 Å². The normalized spacial score (nSPS) is 14.3. The number of nitrogens with zero attached hydrogens (tertiary/aromatic N) is 1. The number of rotatable bonds is 9. The molecule has 0 bridgehead atoms. The minimum Gasteiger partial charge on any atom is -0.493 e. The summed E-state index contributed by atoms with van der Waals surface area (Å²) in [7, 11) is 1.44. The molecular weight excluding hydrogens is 611 g/mol. The lowest BCUT2D eigenvalue weighted by Gasteiger charge is -2.13. The third kappa shape index (κ3) is 7.12. The SMILES string of the molecule is CCOC(=O)COc1c(I)cc(/C=C2/SC(=O)N(CC(=O)Nc3cccc(Cl)c3)C2=O)cc1OC. The van der Waals surface area contributed by atoms with Crippen molar-refractivity contribution in [3.05, 3.63) is 55.5 Å². The zero-order valence-corrected chi connectivity index (χ0v) is 22.4. The van der Waals surface area contributed by atoms with Crippen molar-refractivity contribution in [1.29, 1.82) is 0 Å². The second-order valence-corrected chi connectivity index (χ2v) is 9.55. The van der Waals surface area contributed by atoms with Crippen LogP contribution in [0.5, 0.6) is 11.5 Å². The Bertz CT molecular complexity index is 1200. The number of ether oxygens (including phenoxy) is 3. The minimum atomic E-state index is -0.585. The van der Waals surface area contributed by atoms with Crippen LogP contribution in [0.1, 0.15) is 12.5 Å². The Balaban J connectivity index is 1.73. The molecule has 2 aromatic rings. The Morgan fingerprint density at radius 2 is 2.00 bits per heavy atom. The topological polar surface area (TPSA) is 111 Å². The minimum absolute atomic E-state index is 0.156. The maximum atomic E-state index is 12.8. The molecule has 1 fully saturated rings. The predicted octanol–water partition coefficient (Wildman–Crippen LogP) is 4.57. The van der Waals surface area contributed by atoms with Gasteiger partial charge in [-0.3, -0.25) is 19.3 Å². The van der Waals surface area contributed by atoms with E-state index in [0.717, 1.165) is 16.7 Å². The number of carbonyl (C=O) groups excluding carboxylic acids is 4. The third-order valence-electron chi connectivity index (χ3n) is 4.47. The molecule has 1 saturated heterocycles. The van der Waals surface area contributed by atoms with Crippen LogP contribution in [0.15, 0.2) is 41.3 Å². The maximum absolute atomic E-state index is 12.8. The summed E-state index contributed by atoms with van der Waals surface area (Å²) < 4.78 is 16.4. The highest BCUT2D eigenvalue weighted by Gasteiger charge is 2.36. The van der Waals surface area contributed by atoms with Crippen LogP contribution in [-0.4, -0.2) is 54.8 Å². The maximum Gasteiger partial charge on any atom is 0.344 e. The predicted molar refractivity (Wildman–Crippen MR) is 141 cm³/mol. The average Bonchev–Trinajstić information content (AvgIpc) is 3.05. The standard InChI is InChI=1S/C23H20ClIN2O7S/c1-3-33-20(29)12-34-21-16(25)7-13(8-17(21)32-2)9-18-22(30)27(23(31)35-18)11-19(28)26-15-6-4-5-14(24)10-15/h4-10H,3,11-12H2,1-2H3,(H,26,28)/b18-9+. The molecule has 1 N–H and O–H groups in total. The van der Waals surface area contributed by atoms with E-state index in [9.17, 15) is 19.2 Å². The van der Waals surface area contributed by atoms with Crippen LogP contribution in [0.4, 0.5) is 10.5 Å². The molecule has 35 heavy (non-hydrogen) atoms. The number of benzene rings is 2. The summed E-state index contributed by atoms with van der Waals surface area (Å²) in [4.78, 5) is 50.2. The quantitative estimate of drug-likeness (QED) is 0.244. The van der Waals surface area contributed by atoms with Gasteiger partial charge in [0.1, 0.15) is 6.54 Å². The van der Waals surface area contributed by atoms with Crippen LogP contribution in [0.25, 0.3) is 6.08 Å². The highest BCUT2D eigenvalue weighted by Crippen LogP contribution is 2.37. The largest absolute Gasteiger partial charge is 0.493 e. The summed E-state index contributed by atoms with van der Waals surface area (Å²) >= 11 is 8.66. The van der Waals surface area contributed by atoms with Gasteiger partial charge in [-0.05, 0) is 83.2 Å². The van der Waals surface area contributed by atoms with Crippen LogP contribution >= 0.6 is 46.0 Å². The Hall–Kier alpha value is -2.77. The zero-order chi connectivity index (χ0) is 25.5. The Labute approximate surface area is 224 Å². The number of anilines is 1. The fourth-order valence-electron chi connectivity index (χ4n) is 2.99. The molecule has 1 aliphatic heterocycles. The highest BCUT2D eigenvalue weighted by atomic mass is 127. The molecule has 0 atom stereocenters. The fraction of sp³-hybridized carbons (Fsp3) is 0.217. The lowest BCUT2D eigenvalue weighted by atomic mass is 10.2. The van der Waals surface area contributed by atoms with Crippen LogP contribution in [0.2, 0.25) is 5.02 Å². The second-order valence-electron chi connectivity index (χ2n) is 6.95. The highest BCUT2D eigenvalue weighted by molar-refractivity contribution is 14.1. The molecule has 1 aliphatic rings. The van der Waals surface area contributed by atoms with E-state index in [1.165, 1.54) is 13.2 Å². The van der Waals surface area contributed by atoms with Crippen molar-refractivity contribution in [2.45, 2.75) is 6.92 Å². The zero-order valence-electron chi connectivity index (χ0n) is 18.6. The molecule has 3 amide bonds. The van der Waals surface area contributed by atoms with Gasteiger partial charge in [0, 0.05) is 10.7 Å². The number of halogens is 2. The number of hydrogen-bond acceptors (Lipinski definition) is 8. The fourth-order valence-corrected chi connectivity index (χ4v) is 4.80. The van der Waals surface area contributed by atoms with Crippen LogP contribution in [0, 0.1) is 3.57 Å². The molecule has 0 saturated carbocycles. The van der Waals surface area contributed by atoms with Gasteiger partial charge in [0.25, 0.3) is 11.1 Å². The molecule has 12 heteroatoms. The summed E-state index contributed by atoms with van der Waals surface area (Å²) in [5, 5.41) is 2.50. The van der Waals surface area contributed by atoms with Gasteiger partial charge in [0.2, 0.25) is 5.91 Å². The number of esters is 1. The summed E-state index contributed by atoms with van der Waals surface area (Å²) in [6.45, 7) is 1.22. The molecule has 9 nitrogen and oxygen atoms in total. The Kier molecular flexibility index (Phi) is 9.40. The van der Waals surface area contributed by atoms with Crippen molar-refractivity contribution in [3.8, 4) is 11.5 Å². The van der Waals surface area contributed by atoms with Gasteiger partial charge >= 0.3 is 5.97 Å². The molecular formula is C23H20ClIN2O7S. The second kappa shape index (κ2) is 12.3. The first kappa shape index (κ1) is 26.8. The summed E-state index contributed by atoms with van der Waals surface area (Å²) in [5.41, 5.74) is 1.03. The molecule has 2 aromatic carbocycles. The van der Waals surface area contributed by atoms with Gasteiger partial charge in [0.15, 0.2) is 18.1 Å². The molecule has 0 spiro atoms. The van der Waals surface area contributed by atoms with E-state index in [1.807, 2.05) is 22.6 Å². The van der Waals surface area contributed by atoms with Gasteiger partial charge in [-0.2, -0.15) is 0 Å². The molecule has 3 rings (SSSR count). The van der Waals surface area contributed by atoms with Crippen molar-refractivity contribution in [2.75, 3.05) is 32.2 Å². The lowest BCUT2D eigenvalue weighted by molar-refractivity contribution is -0.145. The van der Waals surface area contributed by atoms with E-state index >= 15 is 0 Å². The van der Waals surface area contributed by atoms with Crippen molar-refractivity contribution < 1.29 is 33.4 Å². The first-order chi connectivity index (χ1) is 16.7. The van der Waals surface area contributed by atoms with Gasteiger partial charge in [-0.1, -0.05) is 17.7 Å². The number of hydrogen-bond donors (Lipinski definition) is 1. The van der Waals surface area contributed by atoms with E-state index < -0.39 is 29.6 Å². The van der Waals surface area contributed by atoms with E-state index in [1.54, 1.807) is 43.3 Å². The van der Waals surface area contributed by atoms with E-state index in [-0.39, 0.29) is 18.1 Å². The smallest absolute Gasteiger partial charge is 0.344 e. The van der Waals surface area contributed by atoms with E-state index in [0.29, 0.717) is 31.3 Å². The van der Waals surface area contributed by atoms with E-state index in [2.05, 4.69) is 5.32 Å². The first-order valence-corrected chi connectivity index (χ1v) is 12.5. The number of imide groups is 1. The number of nitrogens with one attached hydrogen (secondary N) is 1. The van der Waals surface area contributed by atoms with Gasteiger partial charge < -0.3 is 19.5 Å². The summed E-state index contributed by atoms with van der Waals surface area (Å²) in [6.07, 6.45) is 1.53. The van der Waals surface area contributed by atoms with E-state index in [4.69, 9.17) is 25.8 Å². The van der Waals surface area contributed by atoms with Gasteiger partial charge in [-0.25, -0.2) is 4.79 Å². The molecule has 0 unspecified atom stereocenters. The number of thioether (sulfide) groups is 1. The molecule has 1 heterocycles. The monoisotopic (exact) mass is 630 g/mol. The number of amides is 3. The molecule has 0 aliphatic carbocycles. The first-order valence-electron chi connectivity index (χ1n) is 10.2. The molecule has 0 aromatic heterocycles. The third-order valence-corrected chi connectivity index (χ3v) is 6.42. The average molecular weight is 631 g/mol. The van der Waals surface area contributed by atoms with Crippen molar-refractivity contribution >= 4 is 80.7 Å². The Morgan fingerprint density at radius 1 is 1.23 bits per heavy atom. The number of methoxy groups -OCH3 is 1. The summed E-state index contributed by atoms with van der Waals surface area (Å²) in [6, 6.07) is 9.86. The van der Waals surface area contributed by atoms with Crippen LogP contribution < -0.4 is 14.8 Å². The Morgan fingerprint density at radius 3 is 2.69 bits per heavy atom. The van der Waals surface area contributed by atoms with Crippen molar-refractivity contribution in [2.24, 2.45) is 0 Å². The van der Waals surface area contributed by atoms with Crippen molar-refractivity contribution in [1.82, 2.24) is 4.90 Å². The van der Waals surface area contributed by atoms with Gasteiger partial charge in [-0.15, -0.1) is 0 Å². The molecule has 0 radical (unpaired) electrons. The van der Waals surface area contributed by atoms with Crippen molar-refractivity contribution in [3.63, 3.8) is 0 Å². The summed E-state index contributed by atoms with van der Waals surface area (Å²) in [5.74, 6) is -0.938. The number of carbonyl (C=O) groups is 4. The lowest BCUT2D eigenvalue weighted by Crippen LogP contribution is -2.36.